The van der Waals surface area contributed by atoms with E-state index >= 15 is 0 Å². The third-order valence-corrected chi connectivity index (χ3v) is 6.83. The van der Waals surface area contributed by atoms with Crippen molar-refractivity contribution in [1.82, 2.24) is 15.6 Å². The van der Waals surface area contributed by atoms with Crippen molar-refractivity contribution in [3.8, 4) is 11.3 Å². The number of benzene rings is 2. The average Bonchev–Trinajstić information content (AvgIpc) is 2.93. The van der Waals surface area contributed by atoms with E-state index in [1.54, 1.807) is 37.4 Å². The van der Waals surface area contributed by atoms with Crippen LogP contribution >= 0.6 is 11.6 Å². The summed E-state index contributed by atoms with van der Waals surface area (Å²) >= 11 is 6.41. The van der Waals surface area contributed by atoms with Gasteiger partial charge in [-0.15, -0.1) is 0 Å². The Balaban J connectivity index is 1.58. The van der Waals surface area contributed by atoms with Gasteiger partial charge in [-0.25, -0.2) is 9.98 Å². The van der Waals surface area contributed by atoms with Gasteiger partial charge >= 0.3 is 0 Å². The van der Waals surface area contributed by atoms with Crippen LogP contribution in [0.1, 0.15) is 23.7 Å². The van der Waals surface area contributed by atoms with E-state index in [1.165, 1.54) is 6.08 Å². The molecule has 1 saturated heterocycles. The van der Waals surface area contributed by atoms with Gasteiger partial charge in [0.25, 0.3) is 11.8 Å². The molecule has 5 N–H and O–H groups in total. The van der Waals surface area contributed by atoms with E-state index in [0.717, 1.165) is 6.42 Å². The van der Waals surface area contributed by atoms with Crippen LogP contribution in [0.2, 0.25) is 5.02 Å². The Hall–Kier alpha value is -4.21. The number of ether oxygens (including phenoxy) is 1. The third-order valence-electron chi connectivity index (χ3n) is 6.50. The van der Waals surface area contributed by atoms with Crippen LogP contribution in [0, 0.1) is 5.41 Å². The van der Waals surface area contributed by atoms with Crippen molar-refractivity contribution in [1.29, 1.82) is 0 Å². The van der Waals surface area contributed by atoms with Crippen molar-refractivity contribution in [2.45, 2.75) is 13.3 Å². The van der Waals surface area contributed by atoms with Crippen LogP contribution in [0.25, 0.3) is 11.3 Å². The van der Waals surface area contributed by atoms with Crippen molar-refractivity contribution < 1.29 is 14.3 Å². The summed E-state index contributed by atoms with van der Waals surface area (Å²) < 4.78 is 5.31. The summed E-state index contributed by atoms with van der Waals surface area (Å²) in [6.07, 6.45) is 2.22. The highest BCUT2D eigenvalue weighted by Gasteiger charge is 2.37. The van der Waals surface area contributed by atoms with Crippen LogP contribution in [-0.4, -0.2) is 49.4 Å². The number of nitrogens with two attached hydrogens (primary N) is 1. The van der Waals surface area contributed by atoms with Gasteiger partial charge in [-0.2, -0.15) is 0 Å². The van der Waals surface area contributed by atoms with Crippen molar-refractivity contribution in [2.75, 3.05) is 32.1 Å². The maximum atomic E-state index is 13.4. The Kier molecular flexibility index (Phi) is 8.96. The second-order valence-electron chi connectivity index (χ2n) is 9.27. The summed E-state index contributed by atoms with van der Waals surface area (Å²) in [6.45, 7) is 3.69. The first-order chi connectivity index (χ1) is 18.8. The third kappa shape index (κ3) is 7.01. The van der Waals surface area contributed by atoms with Crippen LogP contribution in [0.15, 0.2) is 83.5 Å². The van der Waals surface area contributed by atoms with Crippen molar-refractivity contribution >= 4 is 40.8 Å². The maximum Gasteiger partial charge on any atom is 0.267 e. The number of nitrogens with zero attached hydrogens (tertiary/aromatic N) is 2. The molecule has 0 atom stereocenters. The average molecular weight is 547 g/mol. The number of pyridine rings is 1. The van der Waals surface area contributed by atoms with E-state index in [2.05, 4.69) is 32.9 Å². The molecule has 0 saturated carbocycles. The standard InChI is InChI=1S/C29H31ClN6O3/c1-3-29(17-39-18-29)16-33-28(38)23(31)15-26(34-20-8-5-4-6-9-20)36-27(37)21-14-19(12-13-22(21)30)24-10-7-11-25(32-2)35-24/h4-15H,3,16-18,31H2,1-2H3,(H,32,35)(H,33,38)(H,34,36,37). The number of aromatic nitrogens is 1. The summed E-state index contributed by atoms with van der Waals surface area (Å²) in [4.78, 5) is 35.2. The van der Waals surface area contributed by atoms with Gasteiger partial charge in [0.05, 0.1) is 35.2 Å². The second kappa shape index (κ2) is 12.6. The number of hydrogen-bond donors (Lipinski definition) is 4. The van der Waals surface area contributed by atoms with Crippen LogP contribution in [0.3, 0.4) is 0 Å². The van der Waals surface area contributed by atoms with Gasteiger partial charge in [0.1, 0.15) is 17.4 Å². The number of carbonyl (C=O) groups is 2. The van der Waals surface area contributed by atoms with Gasteiger partial charge in [0.2, 0.25) is 0 Å². The van der Waals surface area contributed by atoms with E-state index in [4.69, 9.17) is 22.1 Å². The molecule has 2 heterocycles. The van der Waals surface area contributed by atoms with E-state index in [-0.39, 0.29) is 27.5 Å². The molecule has 1 fully saturated rings. The number of para-hydroxylation sites is 1. The molecule has 2 aromatic carbocycles. The molecule has 0 spiro atoms. The Bertz CT molecular complexity index is 1400. The van der Waals surface area contributed by atoms with Gasteiger partial charge in [0.15, 0.2) is 0 Å². The predicted octanol–water partition coefficient (Wildman–Crippen LogP) is 4.29. The molecular formula is C29H31ClN6O3. The lowest BCUT2D eigenvalue weighted by Crippen LogP contribution is -2.51. The molecule has 1 aliphatic rings. The highest BCUT2D eigenvalue weighted by atomic mass is 35.5. The fraction of sp³-hybridized carbons (Fsp3) is 0.241. The largest absolute Gasteiger partial charge is 0.394 e. The number of halogens is 1. The van der Waals surface area contributed by atoms with Crippen LogP contribution in [0.4, 0.5) is 11.5 Å². The summed E-state index contributed by atoms with van der Waals surface area (Å²) in [5.74, 6) is -0.185. The van der Waals surface area contributed by atoms with Gasteiger partial charge in [-0.05, 0) is 42.8 Å². The zero-order valence-electron chi connectivity index (χ0n) is 21.8. The minimum atomic E-state index is -0.512. The smallest absolute Gasteiger partial charge is 0.267 e. The van der Waals surface area contributed by atoms with E-state index < -0.39 is 11.8 Å². The number of aliphatic imine (C=N–C) groups is 1. The van der Waals surface area contributed by atoms with Gasteiger partial charge in [-0.1, -0.05) is 48.9 Å². The summed E-state index contributed by atoms with van der Waals surface area (Å²) in [5, 5.41) is 8.87. The van der Waals surface area contributed by atoms with Crippen molar-refractivity contribution in [3.05, 3.63) is 89.1 Å². The topological polar surface area (TPSA) is 131 Å². The van der Waals surface area contributed by atoms with Crippen LogP contribution in [-0.2, 0) is 9.53 Å². The summed E-state index contributed by atoms with van der Waals surface area (Å²) in [7, 11) is 1.78. The maximum absolute atomic E-state index is 13.4. The van der Waals surface area contributed by atoms with E-state index in [0.29, 0.717) is 42.5 Å². The Labute approximate surface area is 232 Å². The van der Waals surface area contributed by atoms with Gasteiger partial charge < -0.3 is 26.4 Å². The van der Waals surface area contributed by atoms with Crippen LogP contribution < -0.4 is 21.7 Å². The summed E-state index contributed by atoms with van der Waals surface area (Å²) in [6, 6.07) is 19.7. The molecule has 0 radical (unpaired) electrons. The zero-order valence-corrected chi connectivity index (χ0v) is 22.6. The Morgan fingerprint density at radius 3 is 2.56 bits per heavy atom. The quantitative estimate of drug-likeness (QED) is 0.180. The van der Waals surface area contributed by atoms with Crippen molar-refractivity contribution in [2.24, 2.45) is 16.1 Å². The molecule has 1 aromatic heterocycles. The molecule has 39 heavy (non-hydrogen) atoms. The SMILES string of the molecule is CCC1(CNC(=O)C(N)=CC(=Nc2ccccc2)NC(=O)c2cc(-c3cccc(NC)n3)ccc2Cl)COC1. The molecule has 10 heteroatoms. The first-order valence-electron chi connectivity index (χ1n) is 12.6. The van der Waals surface area contributed by atoms with Crippen LogP contribution in [0.5, 0.6) is 0 Å². The molecule has 0 unspecified atom stereocenters. The lowest BCUT2D eigenvalue weighted by atomic mass is 9.83. The molecule has 0 bridgehead atoms. The highest BCUT2D eigenvalue weighted by molar-refractivity contribution is 6.34. The molecule has 0 aliphatic carbocycles. The van der Waals surface area contributed by atoms with E-state index in [9.17, 15) is 9.59 Å². The van der Waals surface area contributed by atoms with Gasteiger partial charge in [-0.3, -0.25) is 9.59 Å². The fourth-order valence-corrected chi connectivity index (χ4v) is 4.12. The number of carbonyl (C=O) groups excluding carboxylic acids is 2. The first-order valence-corrected chi connectivity index (χ1v) is 12.9. The zero-order chi connectivity index (χ0) is 27.8. The Morgan fingerprint density at radius 1 is 1.13 bits per heavy atom. The monoisotopic (exact) mass is 546 g/mol. The fourth-order valence-electron chi connectivity index (χ4n) is 3.92. The van der Waals surface area contributed by atoms with Gasteiger partial charge in [0, 0.05) is 30.6 Å². The minimum Gasteiger partial charge on any atom is -0.394 e. The molecule has 4 rings (SSSR count). The molecule has 9 nitrogen and oxygen atoms in total. The summed E-state index contributed by atoms with van der Waals surface area (Å²) in [5.41, 5.74) is 8.13. The normalized spacial score (nSPS) is 14.7. The van der Waals surface area contributed by atoms with Crippen molar-refractivity contribution in [3.63, 3.8) is 0 Å². The Morgan fingerprint density at radius 2 is 1.90 bits per heavy atom. The number of amides is 2. The first kappa shape index (κ1) is 27.8. The number of anilines is 1. The molecule has 3 aromatic rings. The number of nitrogens with one attached hydrogen (secondary N) is 3. The minimum absolute atomic E-state index is 0.0750. The lowest BCUT2D eigenvalue weighted by Gasteiger charge is -2.40. The van der Waals surface area contributed by atoms with E-state index in [1.807, 2.05) is 36.4 Å². The number of rotatable bonds is 9. The molecule has 2 amide bonds. The second-order valence-corrected chi connectivity index (χ2v) is 9.68. The number of hydrogen-bond acceptors (Lipinski definition) is 7. The highest BCUT2D eigenvalue weighted by Crippen LogP contribution is 2.30. The number of amidine groups is 1. The molecule has 1 aliphatic heterocycles. The predicted molar refractivity (Wildman–Crippen MR) is 154 cm³/mol. The lowest BCUT2D eigenvalue weighted by molar-refractivity contribution is -0.127. The molecular weight excluding hydrogens is 516 g/mol. The molecule has 202 valence electrons.